The Bertz CT molecular complexity index is 964. The number of carbonyl (C=O) groups is 2. The number of nitrogens with zero attached hydrogens (tertiary/aromatic N) is 1. The number of nitrogens with one attached hydrogen (secondary N) is 1. The first-order chi connectivity index (χ1) is 13.1. The lowest BCUT2D eigenvalue weighted by atomic mass is 10.1. The van der Waals surface area contributed by atoms with Gasteiger partial charge in [-0.3, -0.25) is 4.79 Å². The molecule has 0 atom stereocenters. The van der Waals surface area contributed by atoms with Gasteiger partial charge in [-0.2, -0.15) is 5.10 Å². The highest BCUT2D eigenvalue weighted by Crippen LogP contribution is 2.15. The molecule has 0 spiro atoms. The van der Waals surface area contributed by atoms with E-state index in [1.807, 2.05) is 25.1 Å². The molecule has 5 heteroatoms. The topological polar surface area (TPSA) is 67.8 Å². The molecular weight excluding hydrogens is 340 g/mol. The normalized spacial score (nSPS) is 10.6. The van der Waals surface area contributed by atoms with E-state index in [4.69, 9.17) is 4.74 Å². The number of amides is 1. The monoisotopic (exact) mass is 358 g/mol. The number of hydrogen-bond donors (Lipinski definition) is 1. The summed E-state index contributed by atoms with van der Waals surface area (Å²) in [6, 6.07) is 23.0. The molecule has 0 aliphatic heterocycles. The van der Waals surface area contributed by atoms with Gasteiger partial charge < -0.3 is 4.74 Å². The summed E-state index contributed by atoms with van der Waals surface area (Å²) in [6.07, 6.45) is 1.52. The van der Waals surface area contributed by atoms with Crippen molar-refractivity contribution in [1.29, 1.82) is 0 Å². The van der Waals surface area contributed by atoms with E-state index in [2.05, 4.69) is 10.5 Å². The summed E-state index contributed by atoms with van der Waals surface area (Å²) in [4.78, 5) is 24.1. The van der Waals surface area contributed by atoms with Gasteiger partial charge in [-0.1, -0.05) is 36.4 Å². The lowest BCUT2D eigenvalue weighted by Crippen LogP contribution is -2.17. The number of hydrogen-bond acceptors (Lipinski definition) is 4. The summed E-state index contributed by atoms with van der Waals surface area (Å²) in [6.45, 7) is 1.86. The molecule has 0 saturated carbocycles. The molecule has 0 bridgehead atoms. The predicted octanol–water partition coefficient (Wildman–Crippen LogP) is 3.98. The fourth-order valence-corrected chi connectivity index (χ4v) is 2.41. The maximum atomic E-state index is 12.2. The first kappa shape index (κ1) is 18.1. The third kappa shape index (κ3) is 4.89. The van der Waals surface area contributed by atoms with Crippen LogP contribution in [0.4, 0.5) is 0 Å². The molecule has 1 N–H and O–H groups in total. The van der Waals surface area contributed by atoms with Crippen LogP contribution in [0.3, 0.4) is 0 Å². The van der Waals surface area contributed by atoms with Crippen molar-refractivity contribution < 1.29 is 14.3 Å². The smallest absolute Gasteiger partial charge is 0.343 e. The van der Waals surface area contributed by atoms with Crippen LogP contribution in [0, 0.1) is 6.92 Å². The Morgan fingerprint density at radius 2 is 1.56 bits per heavy atom. The minimum absolute atomic E-state index is 0.282. The van der Waals surface area contributed by atoms with Gasteiger partial charge in [0.15, 0.2) is 0 Å². The fourth-order valence-electron chi connectivity index (χ4n) is 2.41. The van der Waals surface area contributed by atoms with Crippen LogP contribution < -0.4 is 10.2 Å². The van der Waals surface area contributed by atoms with Gasteiger partial charge in [0.1, 0.15) is 5.75 Å². The van der Waals surface area contributed by atoms with Gasteiger partial charge in [0.05, 0.1) is 11.8 Å². The van der Waals surface area contributed by atoms with E-state index >= 15 is 0 Å². The first-order valence-corrected chi connectivity index (χ1v) is 8.40. The highest BCUT2D eigenvalue weighted by Gasteiger charge is 2.10. The van der Waals surface area contributed by atoms with Crippen molar-refractivity contribution in [3.05, 3.63) is 101 Å². The summed E-state index contributed by atoms with van der Waals surface area (Å²) in [5, 5.41) is 3.94. The van der Waals surface area contributed by atoms with E-state index in [1.165, 1.54) is 6.21 Å². The summed E-state index contributed by atoms with van der Waals surface area (Å²) in [5.74, 6) is -0.242. The van der Waals surface area contributed by atoms with E-state index < -0.39 is 5.97 Å². The van der Waals surface area contributed by atoms with Gasteiger partial charge in [0, 0.05) is 5.56 Å². The van der Waals surface area contributed by atoms with Gasteiger partial charge in [0.25, 0.3) is 5.91 Å². The zero-order valence-electron chi connectivity index (χ0n) is 14.8. The largest absolute Gasteiger partial charge is 0.423 e. The maximum absolute atomic E-state index is 12.2. The molecule has 1 amide bonds. The van der Waals surface area contributed by atoms with Gasteiger partial charge in [-0.25, -0.2) is 10.2 Å². The summed E-state index contributed by atoms with van der Waals surface area (Å²) in [7, 11) is 0. The van der Waals surface area contributed by atoms with Crippen LogP contribution in [0.25, 0.3) is 0 Å². The van der Waals surface area contributed by atoms with Crippen LogP contribution in [-0.4, -0.2) is 18.1 Å². The van der Waals surface area contributed by atoms with Crippen LogP contribution in [0.1, 0.15) is 31.8 Å². The molecule has 0 aliphatic carbocycles. The Labute approximate surface area is 157 Å². The number of hydrazone groups is 1. The number of benzene rings is 3. The molecule has 3 aromatic rings. The first-order valence-electron chi connectivity index (χ1n) is 8.40. The van der Waals surface area contributed by atoms with Crippen LogP contribution in [0.2, 0.25) is 0 Å². The zero-order chi connectivity index (χ0) is 19.1. The quantitative estimate of drug-likeness (QED) is 0.325. The third-order valence-corrected chi connectivity index (χ3v) is 3.87. The minimum atomic E-state index is -0.398. The van der Waals surface area contributed by atoms with Crippen molar-refractivity contribution in [2.24, 2.45) is 5.10 Å². The molecule has 0 aromatic heterocycles. The molecule has 27 heavy (non-hydrogen) atoms. The standard InChI is InChI=1S/C22H18N2O3/c1-16-7-5-6-10-20(16)22(26)27-19-13-11-17(12-14-19)15-23-24-21(25)18-8-3-2-4-9-18/h2-15H,1H3,(H,24,25). The van der Waals surface area contributed by atoms with E-state index in [0.717, 1.165) is 11.1 Å². The molecule has 0 aliphatic rings. The Morgan fingerprint density at radius 1 is 0.889 bits per heavy atom. The highest BCUT2D eigenvalue weighted by molar-refractivity contribution is 5.95. The van der Waals surface area contributed by atoms with Gasteiger partial charge in [-0.05, 0) is 60.5 Å². The SMILES string of the molecule is Cc1ccccc1C(=O)Oc1ccc(C=NNC(=O)c2ccccc2)cc1. The average molecular weight is 358 g/mol. The van der Waals surface area contributed by atoms with Crippen molar-refractivity contribution in [3.8, 4) is 5.75 Å². The Kier molecular flexibility index (Phi) is 5.74. The lowest BCUT2D eigenvalue weighted by Gasteiger charge is -2.06. The molecule has 134 valence electrons. The second-order valence-electron chi connectivity index (χ2n) is 5.84. The third-order valence-electron chi connectivity index (χ3n) is 3.87. The van der Waals surface area contributed by atoms with Gasteiger partial charge in [-0.15, -0.1) is 0 Å². The van der Waals surface area contributed by atoms with Crippen LogP contribution >= 0.6 is 0 Å². The van der Waals surface area contributed by atoms with Crippen molar-refractivity contribution in [2.45, 2.75) is 6.92 Å². The second-order valence-corrected chi connectivity index (χ2v) is 5.84. The number of carbonyl (C=O) groups excluding carboxylic acids is 2. The number of aryl methyl sites for hydroxylation is 1. The van der Waals surface area contributed by atoms with E-state index in [9.17, 15) is 9.59 Å². The second kappa shape index (κ2) is 8.58. The summed E-state index contributed by atoms with van der Waals surface area (Å²) in [5.41, 5.74) is 5.16. The molecule has 3 aromatic carbocycles. The number of rotatable bonds is 5. The van der Waals surface area contributed by atoms with Crippen LogP contribution in [-0.2, 0) is 0 Å². The molecule has 0 radical (unpaired) electrons. The molecular formula is C22H18N2O3. The molecule has 0 fully saturated rings. The molecule has 3 rings (SSSR count). The molecule has 0 saturated heterocycles. The number of esters is 1. The van der Waals surface area contributed by atoms with Crippen molar-refractivity contribution in [2.75, 3.05) is 0 Å². The Balaban J connectivity index is 1.58. The predicted molar refractivity (Wildman–Crippen MR) is 104 cm³/mol. The van der Waals surface area contributed by atoms with Gasteiger partial charge in [0.2, 0.25) is 0 Å². The minimum Gasteiger partial charge on any atom is -0.423 e. The van der Waals surface area contributed by atoms with Crippen molar-refractivity contribution >= 4 is 18.1 Å². The van der Waals surface area contributed by atoms with E-state index in [0.29, 0.717) is 16.9 Å². The van der Waals surface area contributed by atoms with E-state index in [-0.39, 0.29) is 5.91 Å². The Morgan fingerprint density at radius 3 is 2.26 bits per heavy atom. The number of ether oxygens (including phenoxy) is 1. The Hall–Kier alpha value is -3.73. The molecule has 0 unspecified atom stereocenters. The summed E-state index contributed by atoms with van der Waals surface area (Å²) < 4.78 is 5.38. The average Bonchev–Trinajstić information content (AvgIpc) is 2.70. The zero-order valence-corrected chi connectivity index (χ0v) is 14.8. The van der Waals surface area contributed by atoms with Gasteiger partial charge >= 0.3 is 5.97 Å². The molecule has 0 heterocycles. The lowest BCUT2D eigenvalue weighted by molar-refractivity contribution is 0.0733. The molecule has 5 nitrogen and oxygen atoms in total. The summed E-state index contributed by atoms with van der Waals surface area (Å²) >= 11 is 0. The van der Waals surface area contributed by atoms with Crippen LogP contribution in [0.5, 0.6) is 5.75 Å². The van der Waals surface area contributed by atoms with E-state index in [1.54, 1.807) is 60.7 Å². The van der Waals surface area contributed by atoms with Crippen LogP contribution in [0.15, 0.2) is 84.0 Å². The highest BCUT2D eigenvalue weighted by atomic mass is 16.5. The van der Waals surface area contributed by atoms with Crippen molar-refractivity contribution in [1.82, 2.24) is 5.43 Å². The maximum Gasteiger partial charge on any atom is 0.343 e. The van der Waals surface area contributed by atoms with Crippen molar-refractivity contribution in [3.63, 3.8) is 0 Å². The fraction of sp³-hybridized carbons (Fsp3) is 0.0455.